The Kier molecular flexibility index (Phi) is 14.1. The van der Waals surface area contributed by atoms with Crippen molar-refractivity contribution in [2.24, 2.45) is 5.73 Å². The minimum absolute atomic E-state index is 0.0830. The zero-order valence-corrected chi connectivity index (χ0v) is 12.7. The van der Waals surface area contributed by atoms with E-state index in [2.05, 4.69) is 6.92 Å². The molecule has 19 heavy (non-hydrogen) atoms. The third-order valence-electron chi connectivity index (χ3n) is 2.64. The molecule has 0 aliphatic rings. The predicted octanol–water partition coefficient (Wildman–Crippen LogP) is 1.94. The second-order valence-corrected chi connectivity index (χ2v) is 4.43. The van der Waals surface area contributed by atoms with Crippen LogP contribution in [0.15, 0.2) is 0 Å². The quantitative estimate of drug-likeness (QED) is 0.388. The number of nitrogens with two attached hydrogens (primary N) is 1. The van der Waals surface area contributed by atoms with Crippen molar-refractivity contribution in [2.45, 2.75) is 52.4 Å². The summed E-state index contributed by atoms with van der Waals surface area (Å²) in [7, 11) is 0. The van der Waals surface area contributed by atoms with Gasteiger partial charge in [-0.3, -0.25) is 0 Å². The largest absolute Gasteiger partial charge is 0.379 e. The first-order chi connectivity index (χ1) is 9.24. The Labute approximate surface area is 117 Å². The molecule has 5 heteroatoms. The average molecular weight is 277 g/mol. The van der Waals surface area contributed by atoms with E-state index in [1.807, 2.05) is 13.8 Å². The Bertz CT molecular complexity index is 181. The van der Waals surface area contributed by atoms with E-state index in [4.69, 9.17) is 24.7 Å². The van der Waals surface area contributed by atoms with Gasteiger partial charge < -0.3 is 24.7 Å². The monoisotopic (exact) mass is 277 g/mol. The minimum Gasteiger partial charge on any atom is -0.379 e. The van der Waals surface area contributed by atoms with Crippen LogP contribution in [0.5, 0.6) is 0 Å². The molecule has 0 aliphatic carbocycles. The molecule has 0 amide bonds. The van der Waals surface area contributed by atoms with Gasteiger partial charge in [0, 0.05) is 19.3 Å². The van der Waals surface area contributed by atoms with Crippen LogP contribution in [0.25, 0.3) is 0 Å². The van der Waals surface area contributed by atoms with Crippen molar-refractivity contribution in [1.82, 2.24) is 0 Å². The first-order valence-corrected chi connectivity index (χ1v) is 7.38. The van der Waals surface area contributed by atoms with Crippen LogP contribution >= 0.6 is 0 Å². The van der Waals surface area contributed by atoms with Gasteiger partial charge in [-0.25, -0.2) is 0 Å². The summed E-state index contributed by atoms with van der Waals surface area (Å²) >= 11 is 0. The number of ether oxygens (including phenoxy) is 4. The van der Waals surface area contributed by atoms with Crippen molar-refractivity contribution >= 4 is 0 Å². The first kappa shape index (κ1) is 18.8. The topological polar surface area (TPSA) is 62.9 Å². The van der Waals surface area contributed by atoms with Crippen LogP contribution in [0.2, 0.25) is 0 Å². The Hall–Kier alpha value is -0.200. The molecule has 0 bridgehead atoms. The smallest absolute Gasteiger partial charge is 0.180 e. The van der Waals surface area contributed by atoms with Crippen LogP contribution in [-0.4, -0.2) is 52.0 Å². The number of unbranched alkanes of at least 4 members (excludes halogenated alkanes) is 1. The maximum absolute atomic E-state index is 5.77. The lowest BCUT2D eigenvalue weighted by Gasteiger charge is -2.19. The maximum Gasteiger partial charge on any atom is 0.180 e. The van der Waals surface area contributed by atoms with Gasteiger partial charge in [-0.1, -0.05) is 20.3 Å². The number of hydrogen-bond donors (Lipinski definition) is 1. The van der Waals surface area contributed by atoms with Crippen molar-refractivity contribution in [3.8, 4) is 0 Å². The fraction of sp³-hybridized carbons (Fsp3) is 1.00. The molecule has 0 aliphatic heterocycles. The van der Waals surface area contributed by atoms with Crippen LogP contribution in [0.1, 0.15) is 40.0 Å². The highest BCUT2D eigenvalue weighted by molar-refractivity contribution is 4.55. The minimum atomic E-state index is -0.330. The van der Waals surface area contributed by atoms with E-state index in [-0.39, 0.29) is 12.3 Å². The summed E-state index contributed by atoms with van der Waals surface area (Å²) in [5.74, 6) is 0. The van der Waals surface area contributed by atoms with Gasteiger partial charge >= 0.3 is 0 Å². The van der Waals surface area contributed by atoms with Crippen LogP contribution in [-0.2, 0) is 18.9 Å². The molecule has 2 N–H and O–H groups in total. The summed E-state index contributed by atoms with van der Waals surface area (Å²) in [5, 5.41) is 0. The molecule has 2 atom stereocenters. The molecule has 0 saturated heterocycles. The molecule has 0 rings (SSSR count). The van der Waals surface area contributed by atoms with E-state index in [0.717, 1.165) is 25.9 Å². The summed E-state index contributed by atoms with van der Waals surface area (Å²) in [6.07, 6.45) is 2.82. The number of hydrogen-bond acceptors (Lipinski definition) is 5. The lowest BCUT2D eigenvalue weighted by molar-refractivity contribution is -0.176. The zero-order chi connectivity index (χ0) is 14.3. The van der Waals surface area contributed by atoms with E-state index in [1.54, 1.807) is 0 Å². The fourth-order valence-electron chi connectivity index (χ4n) is 1.35. The van der Waals surface area contributed by atoms with Crippen LogP contribution in [0.3, 0.4) is 0 Å². The lowest BCUT2D eigenvalue weighted by atomic mass is 10.3. The van der Waals surface area contributed by atoms with Crippen LogP contribution in [0, 0.1) is 0 Å². The Morgan fingerprint density at radius 2 is 1.68 bits per heavy atom. The van der Waals surface area contributed by atoms with Crippen LogP contribution in [0.4, 0.5) is 0 Å². The molecule has 0 radical (unpaired) electrons. The number of rotatable bonds is 14. The molecular formula is C14H31NO4. The highest BCUT2D eigenvalue weighted by atomic mass is 16.7. The van der Waals surface area contributed by atoms with Gasteiger partial charge in [0.25, 0.3) is 0 Å². The average Bonchev–Trinajstić information content (AvgIpc) is 2.42. The van der Waals surface area contributed by atoms with Crippen molar-refractivity contribution in [2.75, 3.05) is 39.6 Å². The molecular weight excluding hydrogens is 246 g/mol. The maximum atomic E-state index is 5.77. The molecule has 0 heterocycles. The third-order valence-corrected chi connectivity index (χ3v) is 2.64. The van der Waals surface area contributed by atoms with Gasteiger partial charge in [-0.05, 0) is 19.8 Å². The Balaban J connectivity index is 3.56. The van der Waals surface area contributed by atoms with Gasteiger partial charge in [-0.15, -0.1) is 0 Å². The summed E-state index contributed by atoms with van der Waals surface area (Å²) in [5.41, 5.74) is 5.77. The molecule has 116 valence electrons. The van der Waals surface area contributed by atoms with E-state index in [9.17, 15) is 0 Å². The van der Waals surface area contributed by atoms with Crippen molar-refractivity contribution in [3.63, 3.8) is 0 Å². The van der Waals surface area contributed by atoms with Crippen molar-refractivity contribution < 1.29 is 18.9 Å². The Morgan fingerprint density at radius 1 is 0.895 bits per heavy atom. The molecule has 0 aromatic carbocycles. The highest BCUT2D eigenvalue weighted by Crippen LogP contribution is 1.98. The van der Waals surface area contributed by atoms with Crippen LogP contribution < -0.4 is 5.73 Å². The van der Waals surface area contributed by atoms with E-state index >= 15 is 0 Å². The fourth-order valence-corrected chi connectivity index (χ4v) is 1.35. The predicted molar refractivity (Wildman–Crippen MR) is 76.2 cm³/mol. The summed E-state index contributed by atoms with van der Waals surface area (Å²) in [6, 6.07) is 0.0830. The lowest BCUT2D eigenvalue weighted by Crippen LogP contribution is -2.30. The molecule has 2 unspecified atom stereocenters. The third kappa shape index (κ3) is 12.6. The van der Waals surface area contributed by atoms with E-state index in [0.29, 0.717) is 33.0 Å². The molecule has 5 nitrogen and oxygen atoms in total. The van der Waals surface area contributed by atoms with Gasteiger partial charge in [0.05, 0.1) is 26.4 Å². The van der Waals surface area contributed by atoms with Gasteiger partial charge in [0.2, 0.25) is 0 Å². The first-order valence-electron chi connectivity index (χ1n) is 7.38. The summed E-state index contributed by atoms with van der Waals surface area (Å²) in [6.45, 7) is 9.58. The van der Waals surface area contributed by atoms with Crippen molar-refractivity contribution in [3.05, 3.63) is 0 Å². The standard InChI is InChI=1S/C14H31NO4/c1-4-7-8-16-9-10-19-14(18-6-3)12-17-11-13(15)5-2/h13-14H,4-12,15H2,1-3H3. The summed E-state index contributed by atoms with van der Waals surface area (Å²) < 4.78 is 21.9. The SMILES string of the molecule is CCCCOCCOC(COCC(N)CC)OCC. The van der Waals surface area contributed by atoms with E-state index < -0.39 is 0 Å². The van der Waals surface area contributed by atoms with Crippen molar-refractivity contribution in [1.29, 1.82) is 0 Å². The van der Waals surface area contributed by atoms with Gasteiger partial charge in [-0.2, -0.15) is 0 Å². The zero-order valence-electron chi connectivity index (χ0n) is 12.7. The molecule has 0 aromatic rings. The Morgan fingerprint density at radius 3 is 2.32 bits per heavy atom. The van der Waals surface area contributed by atoms with Gasteiger partial charge in [0.1, 0.15) is 0 Å². The second-order valence-electron chi connectivity index (χ2n) is 4.43. The highest BCUT2D eigenvalue weighted by Gasteiger charge is 2.10. The molecule has 0 saturated carbocycles. The normalized spacial score (nSPS) is 14.5. The second kappa shape index (κ2) is 14.2. The molecule has 0 fully saturated rings. The van der Waals surface area contributed by atoms with E-state index in [1.165, 1.54) is 0 Å². The van der Waals surface area contributed by atoms with Gasteiger partial charge in [0.15, 0.2) is 6.29 Å². The molecule has 0 aromatic heterocycles. The molecule has 0 spiro atoms. The summed E-state index contributed by atoms with van der Waals surface area (Å²) in [4.78, 5) is 0.